The third-order valence-electron chi connectivity index (χ3n) is 5.24. The van der Waals surface area contributed by atoms with Gasteiger partial charge in [0.1, 0.15) is 5.69 Å². The highest BCUT2D eigenvalue weighted by Gasteiger charge is 2.20. The molecule has 1 unspecified atom stereocenters. The minimum atomic E-state index is -0.262. The Morgan fingerprint density at radius 3 is 2.59 bits per heavy atom. The molecule has 1 aliphatic heterocycles. The molecule has 0 saturated carbocycles. The Morgan fingerprint density at radius 1 is 1.07 bits per heavy atom. The lowest BCUT2D eigenvalue weighted by Gasteiger charge is -2.31. The number of fused-ring (bicyclic) bond motifs is 1. The zero-order valence-electron chi connectivity index (χ0n) is 16.3. The van der Waals surface area contributed by atoms with E-state index in [2.05, 4.69) is 27.3 Å². The molecule has 2 heterocycles. The Balaban J connectivity index is 1.54. The third kappa shape index (κ3) is 4.91. The number of ether oxygens (including phenoxy) is 1. The van der Waals surface area contributed by atoms with Gasteiger partial charge in [-0.05, 0) is 29.5 Å². The highest BCUT2D eigenvalue weighted by atomic mass is 16.5. The van der Waals surface area contributed by atoms with Gasteiger partial charge >= 0.3 is 0 Å². The lowest BCUT2D eigenvalue weighted by Crippen LogP contribution is -2.48. The Bertz CT molecular complexity index is 1030. The summed E-state index contributed by atoms with van der Waals surface area (Å²) in [6.07, 6.45) is 0.724. The van der Waals surface area contributed by atoms with Gasteiger partial charge in [0.05, 0.1) is 13.2 Å². The average molecular weight is 391 g/mol. The number of pyridine rings is 1. The Kier molecular flexibility index (Phi) is 6.03. The van der Waals surface area contributed by atoms with Crippen molar-refractivity contribution in [2.45, 2.75) is 12.5 Å². The Morgan fingerprint density at radius 2 is 1.79 bits per heavy atom. The topological polar surface area (TPSA) is 74.4 Å². The number of H-pyrrole nitrogens is 1. The maximum Gasteiger partial charge on any atom is 0.268 e. The number of nitrogens with zero attached hydrogens (tertiary/aromatic N) is 1. The minimum absolute atomic E-state index is 0.0713. The van der Waals surface area contributed by atoms with Crippen molar-refractivity contribution in [2.24, 2.45) is 0 Å². The number of aromatic nitrogens is 1. The molecule has 1 aromatic heterocycles. The van der Waals surface area contributed by atoms with E-state index in [0.717, 1.165) is 37.0 Å². The van der Waals surface area contributed by atoms with Gasteiger partial charge in [-0.3, -0.25) is 14.5 Å². The van der Waals surface area contributed by atoms with Crippen molar-refractivity contribution in [3.63, 3.8) is 0 Å². The van der Waals surface area contributed by atoms with Crippen LogP contribution in [-0.2, 0) is 11.2 Å². The molecule has 6 nitrogen and oxygen atoms in total. The van der Waals surface area contributed by atoms with E-state index in [4.69, 9.17) is 4.74 Å². The number of morpholine rings is 1. The lowest BCUT2D eigenvalue weighted by molar-refractivity contribution is 0.0333. The van der Waals surface area contributed by atoms with Gasteiger partial charge in [0.15, 0.2) is 0 Å². The fourth-order valence-corrected chi connectivity index (χ4v) is 3.75. The standard InChI is InChI=1S/C23H25N3O3/c27-22-20-9-5-4-8-18(20)15-21(25-22)23(28)24-19(14-17-6-2-1-3-7-17)16-26-10-12-29-13-11-26/h1-9,15,19H,10-14,16H2,(H,24,28)(H,25,27). The van der Waals surface area contributed by atoms with Crippen molar-refractivity contribution >= 4 is 16.7 Å². The number of hydrogen-bond acceptors (Lipinski definition) is 4. The molecule has 150 valence electrons. The number of amides is 1. The number of benzene rings is 2. The van der Waals surface area contributed by atoms with E-state index in [9.17, 15) is 9.59 Å². The smallest absolute Gasteiger partial charge is 0.268 e. The minimum Gasteiger partial charge on any atom is -0.379 e. The van der Waals surface area contributed by atoms with Gasteiger partial charge in [0.2, 0.25) is 0 Å². The van der Waals surface area contributed by atoms with Crippen LogP contribution in [0, 0.1) is 0 Å². The van der Waals surface area contributed by atoms with Gasteiger partial charge in [-0.15, -0.1) is 0 Å². The van der Waals surface area contributed by atoms with Crippen molar-refractivity contribution in [1.29, 1.82) is 0 Å². The Labute approximate surface area is 169 Å². The van der Waals surface area contributed by atoms with E-state index < -0.39 is 0 Å². The summed E-state index contributed by atoms with van der Waals surface area (Å²) in [4.78, 5) is 30.3. The van der Waals surface area contributed by atoms with Crippen LogP contribution in [0.5, 0.6) is 0 Å². The summed E-state index contributed by atoms with van der Waals surface area (Å²) in [7, 11) is 0. The molecule has 1 atom stereocenters. The molecule has 29 heavy (non-hydrogen) atoms. The highest BCUT2D eigenvalue weighted by molar-refractivity contribution is 5.96. The fraction of sp³-hybridized carbons (Fsp3) is 0.304. The number of rotatable bonds is 6. The molecule has 1 saturated heterocycles. The average Bonchev–Trinajstić information content (AvgIpc) is 2.75. The second kappa shape index (κ2) is 9.03. The molecule has 2 aromatic carbocycles. The van der Waals surface area contributed by atoms with E-state index in [1.54, 1.807) is 12.1 Å². The Hall–Kier alpha value is -2.96. The van der Waals surface area contributed by atoms with Gasteiger partial charge < -0.3 is 15.0 Å². The first kappa shape index (κ1) is 19.4. The fourth-order valence-electron chi connectivity index (χ4n) is 3.75. The van der Waals surface area contributed by atoms with Crippen molar-refractivity contribution in [3.05, 3.63) is 82.3 Å². The largest absolute Gasteiger partial charge is 0.379 e. The van der Waals surface area contributed by atoms with Crippen LogP contribution in [0.15, 0.2) is 65.5 Å². The summed E-state index contributed by atoms with van der Waals surface area (Å²) in [5.74, 6) is -0.262. The molecule has 0 spiro atoms. The van der Waals surface area contributed by atoms with Gasteiger partial charge in [-0.2, -0.15) is 0 Å². The van der Waals surface area contributed by atoms with Gasteiger partial charge in [0.25, 0.3) is 11.5 Å². The van der Waals surface area contributed by atoms with Crippen LogP contribution in [0.1, 0.15) is 16.1 Å². The van der Waals surface area contributed by atoms with E-state index in [1.165, 1.54) is 0 Å². The maximum atomic E-state index is 13.0. The molecular weight excluding hydrogens is 366 g/mol. The molecular formula is C23H25N3O3. The molecule has 1 fully saturated rings. The highest BCUT2D eigenvalue weighted by Crippen LogP contribution is 2.11. The zero-order valence-corrected chi connectivity index (χ0v) is 16.3. The van der Waals surface area contributed by atoms with Crippen LogP contribution in [0.25, 0.3) is 10.8 Å². The van der Waals surface area contributed by atoms with Crippen molar-refractivity contribution in [1.82, 2.24) is 15.2 Å². The van der Waals surface area contributed by atoms with Crippen LogP contribution in [0.4, 0.5) is 0 Å². The molecule has 1 amide bonds. The number of carbonyl (C=O) groups excluding carboxylic acids is 1. The van der Waals surface area contributed by atoms with E-state index >= 15 is 0 Å². The second-order valence-electron chi connectivity index (χ2n) is 7.37. The van der Waals surface area contributed by atoms with Crippen molar-refractivity contribution < 1.29 is 9.53 Å². The summed E-state index contributed by atoms with van der Waals surface area (Å²) in [6.45, 7) is 3.87. The van der Waals surface area contributed by atoms with Crippen LogP contribution in [0.2, 0.25) is 0 Å². The first-order chi connectivity index (χ1) is 14.2. The summed E-state index contributed by atoms with van der Waals surface area (Å²) in [5.41, 5.74) is 1.20. The van der Waals surface area contributed by atoms with Crippen LogP contribution in [0.3, 0.4) is 0 Å². The van der Waals surface area contributed by atoms with E-state index in [-0.39, 0.29) is 23.2 Å². The summed E-state index contributed by atoms with van der Waals surface area (Å²) in [5, 5.41) is 4.47. The summed E-state index contributed by atoms with van der Waals surface area (Å²) < 4.78 is 5.44. The van der Waals surface area contributed by atoms with Gasteiger partial charge in [-0.25, -0.2) is 0 Å². The van der Waals surface area contributed by atoms with E-state index in [0.29, 0.717) is 18.6 Å². The number of carbonyl (C=O) groups is 1. The number of aromatic amines is 1. The SMILES string of the molecule is O=C(NC(Cc1ccccc1)CN1CCOCC1)c1cc2ccccc2c(=O)[nH]1. The quantitative estimate of drug-likeness (QED) is 0.676. The van der Waals surface area contributed by atoms with Crippen LogP contribution < -0.4 is 10.9 Å². The molecule has 0 bridgehead atoms. The lowest BCUT2D eigenvalue weighted by atomic mass is 10.0. The monoisotopic (exact) mass is 391 g/mol. The molecule has 0 radical (unpaired) electrons. The predicted molar refractivity (Wildman–Crippen MR) is 113 cm³/mol. The normalized spacial score (nSPS) is 15.9. The molecule has 0 aliphatic carbocycles. The predicted octanol–water partition coefficient (Wildman–Crippen LogP) is 2.20. The third-order valence-corrected chi connectivity index (χ3v) is 5.24. The molecule has 6 heteroatoms. The molecule has 1 aliphatic rings. The van der Waals surface area contributed by atoms with Gasteiger partial charge in [0, 0.05) is 31.1 Å². The zero-order chi connectivity index (χ0) is 20.1. The van der Waals surface area contributed by atoms with Crippen LogP contribution >= 0.6 is 0 Å². The van der Waals surface area contributed by atoms with Crippen LogP contribution in [-0.4, -0.2) is 54.7 Å². The number of hydrogen-bond donors (Lipinski definition) is 2. The molecule has 2 N–H and O–H groups in total. The van der Waals surface area contributed by atoms with E-state index in [1.807, 2.05) is 36.4 Å². The first-order valence-electron chi connectivity index (χ1n) is 9.96. The second-order valence-corrected chi connectivity index (χ2v) is 7.37. The van der Waals surface area contributed by atoms with Crippen molar-refractivity contribution in [2.75, 3.05) is 32.8 Å². The maximum absolute atomic E-state index is 13.0. The first-order valence-corrected chi connectivity index (χ1v) is 9.96. The molecule has 3 aromatic rings. The van der Waals surface area contributed by atoms with Crippen molar-refractivity contribution in [3.8, 4) is 0 Å². The van der Waals surface area contributed by atoms with Gasteiger partial charge in [-0.1, -0.05) is 48.5 Å². The molecule has 4 rings (SSSR count). The summed E-state index contributed by atoms with van der Waals surface area (Å²) in [6, 6.07) is 19.1. The summed E-state index contributed by atoms with van der Waals surface area (Å²) >= 11 is 0. The number of nitrogens with one attached hydrogen (secondary N) is 2.